The Bertz CT molecular complexity index is 1120. The molecule has 0 atom stereocenters. The summed E-state index contributed by atoms with van der Waals surface area (Å²) in [6.45, 7) is 0. The van der Waals surface area contributed by atoms with Gasteiger partial charge < -0.3 is 14.5 Å². The predicted molar refractivity (Wildman–Crippen MR) is 112 cm³/mol. The number of carbonyl (C=O) groups is 2. The zero-order valence-electron chi connectivity index (χ0n) is 15.6. The summed E-state index contributed by atoms with van der Waals surface area (Å²) in [5.74, 6) is -0.756. The summed E-state index contributed by atoms with van der Waals surface area (Å²) in [6.07, 6.45) is 0. The number of amides is 1. The van der Waals surface area contributed by atoms with Crippen LogP contribution in [0, 0.1) is 10.1 Å². The van der Waals surface area contributed by atoms with Crippen LogP contribution < -0.4 is 10.6 Å². The van der Waals surface area contributed by atoms with Crippen LogP contribution in [-0.2, 0) is 4.74 Å². The Labute approximate surface area is 175 Å². The van der Waals surface area contributed by atoms with E-state index in [9.17, 15) is 19.7 Å². The minimum atomic E-state index is -0.588. The molecule has 0 radical (unpaired) electrons. The molecule has 1 aromatic heterocycles. The van der Waals surface area contributed by atoms with Crippen LogP contribution in [0.3, 0.4) is 0 Å². The van der Waals surface area contributed by atoms with Crippen molar-refractivity contribution in [3.8, 4) is 11.3 Å². The van der Waals surface area contributed by atoms with Crippen molar-refractivity contribution in [1.29, 1.82) is 0 Å². The van der Waals surface area contributed by atoms with Crippen LogP contribution in [0.1, 0.15) is 20.9 Å². The number of furan rings is 1. The number of thiocarbonyl (C=S) groups is 1. The summed E-state index contributed by atoms with van der Waals surface area (Å²) in [6, 6.07) is 15.2. The molecule has 0 aliphatic heterocycles. The largest absolute Gasteiger partial charge is 0.465 e. The van der Waals surface area contributed by atoms with Crippen LogP contribution >= 0.6 is 12.2 Å². The molecule has 0 saturated heterocycles. The quantitative estimate of drug-likeness (QED) is 0.274. The Balaban J connectivity index is 1.64. The zero-order valence-corrected chi connectivity index (χ0v) is 16.4. The van der Waals surface area contributed by atoms with E-state index in [-0.39, 0.29) is 16.6 Å². The SMILES string of the molecule is COC(=O)c1ccc(NC(=S)NC(=O)c2ccc(-c3cccc([N+](=O)[O-])c3)o2)cc1. The van der Waals surface area contributed by atoms with E-state index in [4.69, 9.17) is 16.6 Å². The van der Waals surface area contributed by atoms with Crippen LogP contribution in [-0.4, -0.2) is 29.0 Å². The Kier molecular flexibility index (Phi) is 6.18. The summed E-state index contributed by atoms with van der Waals surface area (Å²) < 4.78 is 10.1. The molecule has 3 rings (SSSR count). The molecule has 1 heterocycles. The normalized spacial score (nSPS) is 10.2. The molecule has 0 aliphatic carbocycles. The van der Waals surface area contributed by atoms with Gasteiger partial charge in [-0.1, -0.05) is 12.1 Å². The maximum atomic E-state index is 12.3. The summed E-state index contributed by atoms with van der Waals surface area (Å²) in [7, 11) is 1.29. The fraction of sp³-hybridized carbons (Fsp3) is 0.0500. The molecular formula is C20H15N3O6S. The lowest BCUT2D eigenvalue weighted by Gasteiger charge is -2.09. The summed E-state index contributed by atoms with van der Waals surface area (Å²) in [5, 5.41) is 16.2. The third-order valence-corrected chi connectivity index (χ3v) is 4.17. The molecule has 3 aromatic rings. The summed E-state index contributed by atoms with van der Waals surface area (Å²) in [4.78, 5) is 34.2. The number of nitrogens with one attached hydrogen (secondary N) is 2. The van der Waals surface area contributed by atoms with Crippen molar-refractivity contribution in [2.24, 2.45) is 0 Å². The molecule has 0 aliphatic rings. The molecule has 2 N–H and O–H groups in total. The van der Waals surface area contributed by atoms with Gasteiger partial charge in [0.05, 0.1) is 17.6 Å². The smallest absolute Gasteiger partial charge is 0.337 e. The lowest BCUT2D eigenvalue weighted by molar-refractivity contribution is -0.384. The highest BCUT2D eigenvalue weighted by Crippen LogP contribution is 2.25. The van der Waals surface area contributed by atoms with Gasteiger partial charge in [-0.3, -0.25) is 20.2 Å². The van der Waals surface area contributed by atoms with Crippen LogP contribution in [0.15, 0.2) is 65.1 Å². The van der Waals surface area contributed by atoms with Gasteiger partial charge in [-0.2, -0.15) is 0 Å². The van der Waals surface area contributed by atoms with Gasteiger partial charge in [0, 0.05) is 23.4 Å². The lowest BCUT2D eigenvalue weighted by atomic mass is 10.1. The van der Waals surface area contributed by atoms with Gasteiger partial charge in [0.25, 0.3) is 11.6 Å². The molecule has 2 aromatic carbocycles. The highest BCUT2D eigenvalue weighted by Gasteiger charge is 2.15. The first-order valence-electron chi connectivity index (χ1n) is 8.53. The molecule has 0 fully saturated rings. The minimum Gasteiger partial charge on any atom is -0.465 e. The van der Waals surface area contributed by atoms with Crippen molar-refractivity contribution in [1.82, 2.24) is 5.32 Å². The molecule has 0 spiro atoms. The molecule has 9 nitrogen and oxygen atoms in total. The van der Waals surface area contributed by atoms with E-state index < -0.39 is 16.8 Å². The number of hydrogen-bond donors (Lipinski definition) is 2. The van der Waals surface area contributed by atoms with Crippen molar-refractivity contribution in [3.63, 3.8) is 0 Å². The van der Waals surface area contributed by atoms with Gasteiger partial charge in [-0.05, 0) is 48.6 Å². The van der Waals surface area contributed by atoms with Gasteiger partial charge in [0.1, 0.15) is 5.76 Å². The number of nitro benzene ring substituents is 1. The number of carbonyl (C=O) groups excluding carboxylic acids is 2. The Hall–Kier alpha value is -4.05. The second-order valence-electron chi connectivity index (χ2n) is 5.95. The molecule has 0 unspecified atom stereocenters. The maximum Gasteiger partial charge on any atom is 0.337 e. The molecule has 0 bridgehead atoms. The number of nitro groups is 1. The first kappa shape index (κ1) is 20.7. The molecule has 0 saturated carbocycles. The fourth-order valence-corrected chi connectivity index (χ4v) is 2.73. The van der Waals surface area contributed by atoms with Crippen LogP contribution in [0.4, 0.5) is 11.4 Å². The summed E-state index contributed by atoms with van der Waals surface area (Å²) >= 11 is 5.11. The standard InChI is InChI=1S/C20H15N3O6S/c1-28-19(25)12-5-7-14(8-6-12)21-20(30)22-18(24)17-10-9-16(29-17)13-3-2-4-15(11-13)23(26)27/h2-11H,1H3,(H2,21,22,24,30). The number of rotatable bonds is 5. The average molecular weight is 425 g/mol. The van der Waals surface area contributed by atoms with Crippen LogP contribution in [0.5, 0.6) is 0 Å². The molecule has 1 amide bonds. The predicted octanol–water partition coefficient (Wildman–Crippen LogP) is 3.77. The topological polar surface area (TPSA) is 124 Å². The van der Waals surface area contributed by atoms with E-state index in [1.165, 1.54) is 37.4 Å². The number of anilines is 1. The average Bonchev–Trinajstić information content (AvgIpc) is 3.24. The third-order valence-electron chi connectivity index (χ3n) is 3.96. The van der Waals surface area contributed by atoms with E-state index in [2.05, 4.69) is 15.4 Å². The minimum absolute atomic E-state index is 0.0123. The molecule has 30 heavy (non-hydrogen) atoms. The number of nitrogens with zero attached hydrogens (tertiary/aromatic N) is 1. The van der Waals surface area contributed by atoms with E-state index >= 15 is 0 Å². The van der Waals surface area contributed by atoms with E-state index in [1.807, 2.05) is 0 Å². The number of esters is 1. The first-order valence-corrected chi connectivity index (χ1v) is 8.93. The van der Waals surface area contributed by atoms with Crippen LogP contribution in [0.2, 0.25) is 0 Å². The highest BCUT2D eigenvalue weighted by molar-refractivity contribution is 7.80. The fourth-order valence-electron chi connectivity index (χ4n) is 2.52. The Morgan fingerprint density at radius 2 is 1.83 bits per heavy atom. The Morgan fingerprint density at radius 1 is 1.10 bits per heavy atom. The second kappa shape index (κ2) is 8.97. The number of benzene rings is 2. The molecule has 10 heteroatoms. The van der Waals surface area contributed by atoms with E-state index in [1.54, 1.807) is 30.3 Å². The van der Waals surface area contributed by atoms with Crippen LogP contribution in [0.25, 0.3) is 11.3 Å². The number of non-ortho nitro benzene ring substituents is 1. The van der Waals surface area contributed by atoms with E-state index in [0.29, 0.717) is 22.6 Å². The Morgan fingerprint density at radius 3 is 2.50 bits per heavy atom. The van der Waals surface area contributed by atoms with Crippen molar-refractivity contribution < 1.29 is 23.7 Å². The maximum absolute atomic E-state index is 12.3. The van der Waals surface area contributed by atoms with Gasteiger partial charge >= 0.3 is 5.97 Å². The monoisotopic (exact) mass is 425 g/mol. The van der Waals surface area contributed by atoms with Crippen molar-refractivity contribution in [2.45, 2.75) is 0 Å². The van der Waals surface area contributed by atoms with Gasteiger partial charge in [-0.25, -0.2) is 4.79 Å². The highest BCUT2D eigenvalue weighted by atomic mass is 32.1. The van der Waals surface area contributed by atoms with Crippen molar-refractivity contribution >= 4 is 40.6 Å². The zero-order chi connectivity index (χ0) is 21.7. The van der Waals surface area contributed by atoms with Gasteiger partial charge in [-0.15, -0.1) is 0 Å². The van der Waals surface area contributed by atoms with E-state index in [0.717, 1.165) is 0 Å². The third kappa shape index (κ3) is 4.86. The second-order valence-corrected chi connectivity index (χ2v) is 6.36. The van der Waals surface area contributed by atoms with Crippen molar-refractivity contribution in [2.75, 3.05) is 12.4 Å². The lowest BCUT2D eigenvalue weighted by Crippen LogP contribution is -2.33. The van der Waals surface area contributed by atoms with Gasteiger partial charge in [0.2, 0.25) is 0 Å². The first-order chi connectivity index (χ1) is 14.4. The van der Waals surface area contributed by atoms with Crippen molar-refractivity contribution in [3.05, 3.63) is 82.1 Å². The summed E-state index contributed by atoms with van der Waals surface area (Å²) in [5.41, 5.74) is 1.32. The van der Waals surface area contributed by atoms with Gasteiger partial charge in [0.15, 0.2) is 10.9 Å². The number of hydrogen-bond acceptors (Lipinski definition) is 7. The number of methoxy groups -OCH3 is 1. The molecular weight excluding hydrogens is 410 g/mol. The molecule has 152 valence electrons. The number of ether oxygens (including phenoxy) is 1.